The van der Waals surface area contributed by atoms with Gasteiger partial charge < -0.3 is 25.0 Å². The number of nitrogens with one attached hydrogen (secondary N) is 1. The number of nitrogens with zero attached hydrogens (tertiary/aromatic N) is 2. The first kappa shape index (κ1) is 25.0. The highest BCUT2D eigenvalue weighted by molar-refractivity contribution is 7.19. The number of thiophene rings is 1. The summed E-state index contributed by atoms with van der Waals surface area (Å²) < 4.78 is 10.9. The van der Waals surface area contributed by atoms with E-state index in [1.54, 1.807) is 14.2 Å². The second kappa shape index (κ2) is 11.6. The lowest BCUT2D eigenvalue weighted by molar-refractivity contribution is 0.137. The normalized spacial score (nSPS) is 15.6. The van der Waals surface area contributed by atoms with Gasteiger partial charge in [-0.3, -0.25) is 0 Å². The van der Waals surface area contributed by atoms with Crippen LogP contribution in [-0.2, 0) is 19.4 Å². The molecular weight excluding hydrogens is 466 g/mol. The number of ether oxygens (including phenoxy) is 2. The molecule has 3 aromatic rings. The van der Waals surface area contributed by atoms with Crippen LogP contribution in [-0.4, -0.2) is 40.6 Å². The minimum absolute atomic E-state index is 0.499. The second-order valence-electron chi connectivity index (χ2n) is 8.98. The first-order chi connectivity index (χ1) is 17.0. The molecule has 0 bridgehead atoms. The summed E-state index contributed by atoms with van der Waals surface area (Å²) in [6.07, 6.45) is 9.41. The molecule has 9 heteroatoms. The Kier molecular flexibility index (Phi) is 8.28. The van der Waals surface area contributed by atoms with Crippen LogP contribution in [0.1, 0.15) is 72.7 Å². The Morgan fingerprint density at radius 3 is 2.46 bits per heavy atom. The van der Waals surface area contributed by atoms with Crippen LogP contribution in [0.3, 0.4) is 0 Å². The van der Waals surface area contributed by atoms with Gasteiger partial charge in [-0.25, -0.2) is 14.8 Å². The van der Waals surface area contributed by atoms with Gasteiger partial charge in [0.05, 0.1) is 19.6 Å². The van der Waals surface area contributed by atoms with Gasteiger partial charge in [0.25, 0.3) is 0 Å². The van der Waals surface area contributed by atoms with Crippen LogP contribution in [0.2, 0.25) is 0 Å². The number of fused-ring (bicyclic) bond motifs is 3. The number of carbonyl (C=O) groups is 1. The molecule has 0 saturated heterocycles. The zero-order valence-corrected chi connectivity index (χ0v) is 21.1. The predicted molar refractivity (Wildman–Crippen MR) is 137 cm³/mol. The lowest BCUT2D eigenvalue weighted by Crippen LogP contribution is -2.12. The lowest BCUT2D eigenvalue weighted by Gasteiger charge is -2.21. The third-order valence-corrected chi connectivity index (χ3v) is 7.90. The number of rotatable bonds is 6. The summed E-state index contributed by atoms with van der Waals surface area (Å²) >= 11 is 1.90. The summed E-state index contributed by atoms with van der Waals surface area (Å²) in [5.41, 5.74) is 2.63. The topological polar surface area (TPSA) is 114 Å². The Labute approximate surface area is 209 Å². The second-order valence-corrected chi connectivity index (χ2v) is 10.1. The quantitative estimate of drug-likeness (QED) is 0.354. The molecular formula is C26H33N3O5S. The predicted octanol–water partition coefficient (Wildman–Crippen LogP) is 6.47. The van der Waals surface area contributed by atoms with E-state index in [0.717, 1.165) is 35.1 Å². The Balaban J connectivity index is 0.000000672. The van der Waals surface area contributed by atoms with Gasteiger partial charge in [0.2, 0.25) is 0 Å². The molecule has 2 aromatic heterocycles. The largest absolute Gasteiger partial charge is 0.503 e. The third kappa shape index (κ3) is 5.96. The molecule has 1 aromatic carbocycles. The molecule has 1 fully saturated rings. The van der Waals surface area contributed by atoms with Crippen LogP contribution in [0.25, 0.3) is 10.2 Å². The standard InChI is InChI=1S/C25H31N3O2S.CH2O3/c1-29-19-13-12-16(14-20(19)30-2)15-26-24-22-18-10-6-7-11-21(18)31-25(22)28-23(27-24)17-8-4-3-5-9-17;2-1(3)4/h12-14,17H,3-11,15H2,1-2H3,(H,26,27,28);(H2,2,3,4). The van der Waals surface area contributed by atoms with Crippen LogP contribution in [0, 0.1) is 0 Å². The Morgan fingerprint density at radius 2 is 1.74 bits per heavy atom. The van der Waals surface area contributed by atoms with Gasteiger partial charge in [0, 0.05) is 17.3 Å². The summed E-state index contributed by atoms with van der Waals surface area (Å²) in [4.78, 5) is 21.5. The summed E-state index contributed by atoms with van der Waals surface area (Å²) in [5, 5.41) is 18.9. The zero-order valence-electron chi connectivity index (χ0n) is 20.3. The van der Waals surface area contributed by atoms with E-state index in [1.807, 2.05) is 23.5 Å². The van der Waals surface area contributed by atoms with E-state index in [0.29, 0.717) is 12.5 Å². The fraction of sp³-hybridized carbons (Fsp3) is 0.500. The molecule has 35 heavy (non-hydrogen) atoms. The van der Waals surface area contributed by atoms with Gasteiger partial charge in [0.15, 0.2) is 11.5 Å². The molecule has 8 nitrogen and oxygen atoms in total. The fourth-order valence-corrected chi connectivity index (χ4v) is 6.29. The Bertz CT molecular complexity index is 1170. The number of hydrogen-bond acceptors (Lipinski definition) is 7. The van der Waals surface area contributed by atoms with Gasteiger partial charge in [-0.15, -0.1) is 11.3 Å². The molecule has 5 rings (SSSR count). The lowest BCUT2D eigenvalue weighted by atomic mass is 9.88. The van der Waals surface area contributed by atoms with Crippen molar-refractivity contribution in [3.05, 3.63) is 40.0 Å². The molecule has 2 heterocycles. The van der Waals surface area contributed by atoms with Gasteiger partial charge in [-0.05, 0) is 61.8 Å². The number of carboxylic acid groups (broad SMARTS) is 2. The minimum atomic E-state index is -1.83. The van der Waals surface area contributed by atoms with Crippen LogP contribution in [0.15, 0.2) is 18.2 Å². The molecule has 0 atom stereocenters. The molecule has 0 spiro atoms. The summed E-state index contributed by atoms with van der Waals surface area (Å²) in [7, 11) is 3.34. The van der Waals surface area contributed by atoms with Crippen LogP contribution in [0.5, 0.6) is 11.5 Å². The Morgan fingerprint density at radius 1 is 1.03 bits per heavy atom. The van der Waals surface area contributed by atoms with E-state index in [1.165, 1.54) is 72.0 Å². The average molecular weight is 500 g/mol. The van der Waals surface area contributed by atoms with Crippen LogP contribution >= 0.6 is 11.3 Å². The highest BCUT2D eigenvalue weighted by Gasteiger charge is 2.24. The monoisotopic (exact) mass is 499 g/mol. The van der Waals surface area contributed by atoms with Gasteiger partial charge in [-0.1, -0.05) is 25.3 Å². The smallest absolute Gasteiger partial charge is 0.493 e. The molecule has 3 N–H and O–H groups in total. The van der Waals surface area contributed by atoms with Gasteiger partial charge in [-0.2, -0.15) is 0 Å². The van der Waals surface area contributed by atoms with Crippen LogP contribution in [0.4, 0.5) is 10.6 Å². The molecule has 2 aliphatic carbocycles. The third-order valence-electron chi connectivity index (χ3n) is 6.71. The molecule has 0 aliphatic heterocycles. The molecule has 2 aliphatic rings. The number of aromatic nitrogens is 2. The zero-order chi connectivity index (χ0) is 24.8. The number of benzene rings is 1. The van der Waals surface area contributed by atoms with E-state index >= 15 is 0 Å². The average Bonchev–Trinajstić information content (AvgIpc) is 3.26. The van der Waals surface area contributed by atoms with E-state index in [-0.39, 0.29) is 0 Å². The van der Waals surface area contributed by atoms with Crippen molar-refractivity contribution in [2.45, 2.75) is 70.3 Å². The fourth-order valence-electron chi connectivity index (χ4n) is 5.02. The van der Waals surface area contributed by atoms with E-state index < -0.39 is 6.16 Å². The number of anilines is 1. The maximum absolute atomic E-state index is 8.56. The highest BCUT2D eigenvalue weighted by Crippen LogP contribution is 2.41. The van der Waals surface area contributed by atoms with Gasteiger partial charge >= 0.3 is 6.16 Å². The van der Waals surface area contributed by atoms with Crippen molar-refractivity contribution >= 4 is 33.5 Å². The van der Waals surface area contributed by atoms with Crippen molar-refractivity contribution in [3.63, 3.8) is 0 Å². The number of methoxy groups -OCH3 is 2. The summed E-state index contributed by atoms with van der Waals surface area (Å²) in [6.45, 7) is 0.696. The Hall–Kier alpha value is -3.07. The van der Waals surface area contributed by atoms with E-state index in [9.17, 15) is 0 Å². The summed E-state index contributed by atoms with van der Waals surface area (Å²) in [5.74, 6) is 4.06. The number of hydrogen-bond donors (Lipinski definition) is 3. The first-order valence-corrected chi connectivity index (χ1v) is 13.0. The SMILES string of the molecule is COc1ccc(CNc2nc(C3CCCCC3)nc3sc4c(c23)CCCC4)cc1OC.O=C(O)O. The molecule has 0 unspecified atom stereocenters. The van der Waals surface area contributed by atoms with E-state index in [2.05, 4.69) is 11.4 Å². The van der Waals surface area contributed by atoms with Crippen molar-refractivity contribution in [2.24, 2.45) is 0 Å². The maximum Gasteiger partial charge on any atom is 0.503 e. The molecule has 1 saturated carbocycles. The van der Waals surface area contributed by atoms with Crippen molar-refractivity contribution in [1.82, 2.24) is 9.97 Å². The van der Waals surface area contributed by atoms with Crippen molar-refractivity contribution < 1.29 is 24.5 Å². The minimum Gasteiger partial charge on any atom is -0.493 e. The van der Waals surface area contributed by atoms with Gasteiger partial charge in [0.1, 0.15) is 16.5 Å². The molecule has 0 radical (unpaired) electrons. The highest BCUT2D eigenvalue weighted by atomic mass is 32.1. The molecule has 0 amide bonds. The van der Waals surface area contributed by atoms with Crippen molar-refractivity contribution in [3.8, 4) is 11.5 Å². The summed E-state index contributed by atoms with van der Waals surface area (Å²) in [6, 6.07) is 6.08. The van der Waals surface area contributed by atoms with Crippen LogP contribution < -0.4 is 14.8 Å². The molecule has 188 valence electrons. The number of aryl methyl sites for hydroxylation is 2. The van der Waals surface area contributed by atoms with Crippen molar-refractivity contribution in [1.29, 1.82) is 0 Å². The van der Waals surface area contributed by atoms with E-state index in [4.69, 9.17) is 34.4 Å². The first-order valence-electron chi connectivity index (χ1n) is 12.2. The maximum atomic E-state index is 8.56. The van der Waals surface area contributed by atoms with Crippen molar-refractivity contribution in [2.75, 3.05) is 19.5 Å².